The zero-order valence-corrected chi connectivity index (χ0v) is 17.7. The van der Waals surface area contributed by atoms with Gasteiger partial charge >= 0.3 is 0 Å². The van der Waals surface area contributed by atoms with Crippen molar-refractivity contribution in [1.82, 2.24) is 25.1 Å². The average Bonchev–Trinajstić information content (AvgIpc) is 3.43. The number of aryl methyl sites for hydroxylation is 2. The van der Waals surface area contributed by atoms with Crippen LogP contribution in [0.4, 0.5) is 5.69 Å². The van der Waals surface area contributed by atoms with Gasteiger partial charge in [-0.15, -0.1) is 0 Å². The summed E-state index contributed by atoms with van der Waals surface area (Å²) in [5.41, 5.74) is 3.02. The van der Waals surface area contributed by atoms with Gasteiger partial charge in [-0.05, 0) is 44.5 Å². The Morgan fingerprint density at radius 1 is 1.16 bits per heavy atom. The van der Waals surface area contributed by atoms with Crippen LogP contribution in [0.5, 0.6) is 5.75 Å². The Morgan fingerprint density at radius 3 is 2.58 bits per heavy atom. The molecular formula is C22H24N6O3. The molecule has 0 unspecified atom stereocenters. The second kappa shape index (κ2) is 8.55. The minimum atomic E-state index is -0.270. The van der Waals surface area contributed by atoms with Crippen molar-refractivity contribution in [2.75, 3.05) is 25.5 Å². The normalized spacial score (nSPS) is 15.7. The zero-order valence-electron chi connectivity index (χ0n) is 17.7. The van der Waals surface area contributed by atoms with Crippen molar-refractivity contribution in [2.24, 2.45) is 0 Å². The summed E-state index contributed by atoms with van der Waals surface area (Å²) in [5, 5.41) is 9.57. The molecule has 160 valence electrons. The Morgan fingerprint density at radius 2 is 1.94 bits per heavy atom. The van der Waals surface area contributed by atoms with Gasteiger partial charge in [-0.1, -0.05) is 0 Å². The molecule has 0 aliphatic carbocycles. The summed E-state index contributed by atoms with van der Waals surface area (Å²) in [7, 11) is 1.59. The second-order valence-corrected chi connectivity index (χ2v) is 7.56. The highest BCUT2D eigenvalue weighted by atomic mass is 16.5. The topological polar surface area (TPSA) is 113 Å². The summed E-state index contributed by atoms with van der Waals surface area (Å²) in [6.45, 7) is 4.80. The molecule has 9 nitrogen and oxygen atoms in total. The number of anilines is 1. The average molecular weight is 420 g/mol. The maximum atomic E-state index is 12.7. The van der Waals surface area contributed by atoms with E-state index in [1.807, 2.05) is 6.92 Å². The number of ether oxygens (including phenoxy) is 1. The third-order valence-electron chi connectivity index (χ3n) is 5.49. The Kier molecular flexibility index (Phi) is 5.66. The number of nitrogens with one attached hydrogen (secondary N) is 2. The summed E-state index contributed by atoms with van der Waals surface area (Å²) in [6, 6.07) is 7.10. The summed E-state index contributed by atoms with van der Waals surface area (Å²) in [4.78, 5) is 36.1. The van der Waals surface area contributed by atoms with Crippen LogP contribution in [0, 0.1) is 13.8 Å². The number of hydrogen-bond acceptors (Lipinski definition) is 6. The number of H-pyrrole nitrogens is 1. The Balaban J connectivity index is 1.43. The summed E-state index contributed by atoms with van der Waals surface area (Å²) in [5.74, 6) is 1.09. The Labute approximate surface area is 179 Å². The first-order chi connectivity index (χ1) is 15.0. The molecule has 2 amide bonds. The van der Waals surface area contributed by atoms with Crippen LogP contribution < -0.4 is 10.1 Å². The van der Waals surface area contributed by atoms with Crippen LogP contribution in [0.2, 0.25) is 0 Å². The smallest absolute Gasteiger partial charge is 0.259 e. The molecule has 2 N–H and O–H groups in total. The van der Waals surface area contributed by atoms with E-state index in [1.165, 1.54) is 0 Å². The minimum Gasteiger partial charge on any atom is -0.497 e. The summed E-state index contributed by atoms with van der Waals surface area (Å²) >= 11 is 0. The van der Waals surface area contributed by atoms with Gasteiger partial charge in [0.2, 0.25) is 0 Å². The van der Waals surface area contributed by atoms with E-state index in [-0.39, 0.29) is 17.7 Å². The van der Waals surface area contributed by atoms with E-state index in [2.05, 4.69) is 25.5 Å². The number of carbonyl (C=O) groups is 2. The predicted molar refractivity (Wildman–Crippen MR) is 114 cm³/mol. The van der Waals surface area contributed by atoms with E-state index < -0.39 is 0 Å². The fraction of sp³-hybridized carbons (Fsp3) is 0.318. The molecule has 31 heavy (non-hydrogen) atoms. The Hall–Kier alpha value is -3.75. The predicted octanol–water partition coefficient (Wildman–Crippen LogP) is 2.71. The number of methoxy groups -OCH3 is 1. The first-order valence-corrected chi connectivity index (χ1v) is 10.0. The molecule has 1 atom stereocenters. The number of rotatable bonds is 5. The standard InChI is InChI=1S/C22H24N6O3/c1-13-18(21(29)26-16-4-6-17(31-3)7-5-16)10-23-20(25-13)15-8-9-28(12-15)22(30)19-11-24-27-14(19)2/h4-7,10-11,15H,8-9,12H2,1-3H3,(H,24,27)(H,26,29)/t15-/m0/s1. The van der Waals surface area contributed by atoms with Gasteiger partial charge in [0.25, 0.3) is 11.8 Å². The fourth-order valence-corrected chi connectivity index (χ4v) is 3.67. The number of nitrogens with zero attached hydrogens (tertiary/aromatic N) is 4. The van der Waals surface area contributed by atoms with Crippen LogP contribution in [-0.2, 0) is 0 Å². The van der Waals surface area contributed by atoms with Crippen LogP contribution in [0.1, 0.15) is 50.3 Å². The van der Waals surface area contributed by atoms with Crippen LogP contribution in [0.25, 0.3) is 0 Å². The zero-order chi connectivity index (χ0) is 22.0. The monoisotopic (exact) mass is 420 g/mol. The van der Waals surface area contributed by atoms with Crippen LogP contribution in [0.3, 0.4) is 0 Å². The second-order valence-electron chi connectivity index (χ2n) is 7.56. The molecule has 3 heterocycles. The molecule has 3 aromatic rings. The van der Waals surface area contributed by atoms with Gasteiger partial charge in [0.1, 0.15) is 11.6 Å². The molecule has 1 saturated heterocycles. The lowest BCUT2D eigenvalue weighted by molar-refractivity contribution is 0.0789. The molecule has 1 fully saturated rings. The van der Waals surface area contributed by atoms with Gasteiger partial charge in [-0.25, -0.2) is 9.97 Å². The van der Waals surface area contributed by atoms with E-state index in [9.17, 15) is 9.59 Å². The van der Waals surface area contributed by atoms with Crippen LogP contribution >= 0.6 is 0 Å². The van der Waals surface area contributed by atoms with E-state index in [4.69, 9.17) is 4.74 Å². The first kappa shape index (κ1) is 20.5. The molecule has 1 aliphatic heterocycles. The quantitative estimate of drug-likeness (QED) is 0.656. The van der Waals surface area contributed by atoms with Gasteiger partial charge < -0.3 is 15.0 Å². The number of aromatic amines is 1. The van der Waals surface area contributed by atoms with Crippen molar-refractivity contribution < 1.29 is 14.3 Å². The molecule has 4 rings (SSSR count). The molecule has 0 saturated carbocycles. The third-order valence-corrected chi connectivity index (χ3v) is 5.49. The molecule has 1 aromatic carbocycles. The van der Waals surface area contributed by atoms with Crippen molar-refractivity contribution in [3.05, 3.63) is 65.0 Å². The summed E-state index contributed by atoms with van der Waals surface area (Å²) < 4.78 is 5.13. The highest BCUT2D eigenvalue weighted by molar-refractivity contribution is 6.04. The first-order valence-electron chi connectivity index (χ1n) is 10.0. The SMILES string of the molecule is COc1ccc(NC(=O)c2cnc([C@H]3CCN(C(=O)c4cn[nH]c4C)C3)nc2C)cc1. The largest absolute Gasteiger partial charge is 0.497 e. The van der Waals surface area contributed by atoms with Crippen LogP contribution in [0.15, 0.2) is 36.7 Å². The van der Waals surface area contributed by atoms with Gasteiger partial charge in [-0.2, -0.15) is 5.10 Å². The lowest BCUT2D eigenvalue weighted by atomic mass is 10.1. The van der Waals surface area contributed by atoms with Gasteiger partial charge in [0.15, 0.2) is 0 Å². The van der Waals surface area contributed by atoms with Gasteiger partial charge in [0.05, 0.1) is 30.1 Å². The molecule has 9 heteroatoms. The number of aromatic nitrogens is 4. The van der Waals surface area contributed by atoms with Crippen molar-refractivity contribution in [3.63, 3.8) is 0 Å². The highest BCUT2D eigenvalue weighted by Gasteiger charge is 2.31. The van der Waals surface area contributed by atoms with E-state index >= 15 is 0 Å². The van der Waals surface area contributed by atoms with E-state index in [1.54, 1.807) is 55.6 Å². The third kappa shape index (κ3) is 4.25. The molecular weight excluding hydrogens is 396 g/mol. The molecule has 1 aliphatic rings. The number of hydrogen-bond donors (Lipinski definition) is 2. The molecule has 0 radical (unpaired) electrons. The number of benzene rings is 1. The molecule has 0 bridgehead atoms. The van der Waals surface area contributed by atoms with Crippen molar-refractivity contribution in [1.29, 1.82) is 0 Å². The minimum absolute atomic E-state index is 0.0357. The number of likely N-dealkylation sites (tertiary alicyclic amines) is 1. The lowest BCUT2D eigenvalue weighted by Gasteiger charge is -2.16. The lowest BCUT2D eigenvalue weighted by Crippen LogP contribution is -2.29. The maximum absolute atomic E-state index is 12.7. The van der Waals surface area contributed by atoms with E-state index in [0.29, 0.717) is 47.2 Å². The Bertz CT molecular complexity index is 1110. The number of amides is 2. The highest BCUT2D eigenvalue weighted by Crippen LogP contribution is 2.27. The van der Waals surface area contributed by atoms with Gasteiger partial charge in [-0.3, -0.25) is 14.7 Å². The molecule has 0 spiro atoms. The van der Waals surface area contributed by atoms with Crippen molar-refractivity contribution >= 4 is 17.5 Å². The summed E-state index contributed by atoms with van der Waals surface area (Å²) in [6.07, 6.45) is 3.89. The number of carbonyl (C=O) groups excluding carboxylic acids is 2. The van der Waals surface area contributed by atoms with Gasteiger partial charge in [0, 0.05) is 36.6 Å². The van der Waals surface area contributed by atoms with E-state index in [0.717, 1.165) is 12.1 Å². The molecule has 2 aromatic heterocycles. The van der Waals surface area contributed by atoms with Crippen molar-refractivity contribution in [2.45, 2.75) is 26.2 Å². The maximum Gasteiger partial charge on any atom is 0.259 e. The van der Waals surface area contributed by atoms with Crippen LogP contribution in [-0.4, -0.2) is 57.1 Å². The fourth-order valence-electron chi connectivity index (χ4n) is 3.67. The van der Waals surface area contributed by atoms with Crippen molar-refractivity contribution in [3.8, 4) is 5.75 Å².